The van der Waals surface area contributed by atoms with E-state index in [4.69, 9.17) is 5.11 Å². The molecule has 0 radical (unpaired) electrons. The summed E-state index contributed by atoms with van der Waals surface area (Å²) in [7, 11) is 0. The highest BCUT2D eigenvalue weighted by Gasteiger charge is 1.92. The predicted molar refractivity (Wildman–Crippen MR) is 91.9 cm³/mol. The van der Waals surface area contributed by atoms with Gasteiger partial charge in [-0.1, -0.05) is 52.8 Å². The molecule has 21 heavy (non-hydrogen) atoms. The predicted octanol–water partition coefficient (Wildman–Crippen LogP) is 5.05. The molecule has 1 N–H and O–H groups in total. The average molecular weight is 351 g/mol. The first-order chi connectivity index (χ1) is 10.3. The summed E-state index contributed by atoms with van der Waals surface area (Å²) in [5.41, 5.74) is 0. The molecule has 114 valence electrons. The standard InChI is InChI=1S/C18H23BrO2/c19-17-15-13-11-9-7-5-3-1-2-4-6-8-10-12-14-16-18(20)21/h1-2,15,17H,3,5,7,9,11-14,16H2,(H,20,21). The number of allylic oxidation sites excluding steroid dienone is 3. The first kappa shape index (κ1) is 19.6. The average Bonchev–Trinajstić information content (AvgIpc) is 2.46. The van der Waals surface area contributed by atoms with Crippen molar-refractivity contribution in [2.75, 3.05) is 0 Å². The van der Waals surface area contributed by atoms with Crippen molar-refractivity contribution in [3.8, 4) is 23.7 Å². The van der Waals surface area contributed by atoms with Crippen molar-refractivity contribution in [1.82, 2.24) is 0 Å². The number of carboxylic acids is 1. The van der Waals surface area contributed by atoms with E-state index in [2.05, 4.69) is 51.8 Å². The summed E-state index contributed by atoms with van der Waals surface area (Å²) in [6.45, 7) is 0. The van der Waals surface area contributed by atoms with Crippen LogP contribution in [0.3, 0.4) is 0 Å². The molecule has 0 aliphatic rings. The fraction of sp³-hybridized carbons (Fsp3) is 0.500. The van der Waals surface area contributed by atoms with E-state index in [1.165, 1.54) is 25.7 Å². The quantitative estimate of drug-likeness (QED) is 0.442. The van der Waals surface area contributed by atoms with E-state index in [1.54, 1.807) is 0 Å². The fourth-order valence-electron chi connectivity index (χ4n) is 1.60. The highest BCUT2D eigenvalue weighted by atomic mass is 79.9. The molecule has 0 aromatic rings. The van der Waals surface area contributed by atoms with Crippen LogP contribution in [0.15, 0.2) is 23.2 Å². The van der Waals surface area contributed by atoms with E-state index in [9.17, 15) is 4.79 Å². The third-order valence-electron chi connectivity index (χ3n) is 2.70. The molecule has 0 aromatic carbocycles. The summed E-state index contributed by atoms with van der Waals surface area (Å²) in [4.78, 5) is 12.2. The molecular formula is C18H23BrO2. The second-order valence-electron chi connectivity index (χ2n) is 4.57. The van der Waals surface area contributed by atoms with Gasteiger partial charge in [0.2, 0.25) is 0 Å². The Morgan fingerprint density at radius 2 is 1.71 bits per heavy atom. The van der Waals surface area contributed by atoms with Crippen molar-refractivity contribution in [3.63, 3.8) is 0 Å². The van der Waals surface area contributed by atoms with Crippen LogP contribution < -0.4 is 0 Å². The molecule has 0 atom stereocenters. The van der Waals surface area contributed by atoms with E-state index in [1.807, 2.05) is 11.1 Å². The molecule has 0 aliphatic carbocycles. The van der Waals surface area contributed by atoms with Crippen LogP contribution in [0.5, 0.6) is 0 Å². The van der Waals surface area contributed by atoms with Crippen LogP contribution in [0.2, 0.25) is 0 Å². The van der Waals surface area contributed by atoms with Gasteiger partial charge in [0, 0.05) is 12.8 Å². The Morgan fingerprint density at radius 3 is 2.38 bits per heavy atom. The van der Waals surface area contributed by atoms with Crippen LogP contribution in [0.1, 0.15) is 57.8 Å². The lowest BCUT2D eigenvalue weighted by Crippen LogP contribution is -1.92. The molecule has 0 bridgehead atoms. The minimum Gasteiger partial charge on any atom is -0.481 e. The van der Waals surface area contributed by atoms with Gasteiger partial charge in [0.1, 0.15) is 0 Å². The molecule has 0 heterocycles. The third-order valence-corrected chi connectivity index (χ3v) is 3.07. The van der Waals surface area contributed by atoms with Crippen molar-refractivity contribution in [3.05, 3.63) is 23.2 Å². The maximum atomic E-state index is 10.3. The highest BCUT2D eigenvalue weighted by Crippen LogP contribution is 2.06. The number of carbonyl (C=O) groups is 1. The molecule has 0 amide bonds. The van der Waals surface area contributed by atoms with Crippen molar-refractivity contribution in [2.45, 2.75) is 57.8 Å². The Balaban J connectivity index is 3.45. The topological polar surface area (TPSA) is 37.3 Å². The smallest absolute Gasteiger partial charge is 0.303 e. The van der Waals surface area contributed by atoms with Crippen LogP contribution in [0.4, 0.5) is 0 Å². The molecule has 3 heteroatoms. The molecular weight excluding hydrogens is 328 g/mol. The van der Waals surface area contributed by atoms with Gasteiger partial charge in [-0.05, 0) is 55.0 Å². The zero-order valence-corrected chi connectivity index (χ0v) is 14.0. The summed E-state index contributed by atoms with van der Waals surface area (Å²) < 4.78 is 0. The fourth-order valence-corrected chi connectivity index (χ4v) is 1.86. The molecule has 0 aromatic heterocycles. The van der Waals surface area contributed by atoms with Gasteiger partial charge < -0.3 is 5.11 Å². The Bertz CT molecular complexity index is 441. The van der Waals surface area contributed by atoms with Crippen LogP contribution in [0.25, 0.3) is 0 Å². The van der Waals surface area contributed by atoms with E-state index >= 15 is 0 Å². The number of aliphatic carboxylic acids is 1. The van der Waals surface area contributed by atoms with E-state index in [0.717, 1.165) is 12.8 Å². The molecule has 0 saturated carbocycles. The second-order valence-corrected chi connectivity index (χ2v) is 5.10. The number of carboxylic acid groups (broad SMARTS) is 1. The summed E-state index contributed by atoms with van der Waals surface area (Å²) in [6, 6.07) is 0. The SMILES string of the molecule is O=C(O)CCCC#CC#CC=CCCCCCCC=CBr. The van der Waals surface area contributed by atoms with Gasteiger partial charge in [-0.3, -0.25) is 4.79 Å². The molecule has 0 unspecified atom stereocenters. The van der Waals surface area contributed by atoms with Crippen molar-refractivity contribution in [1.29, 1.82) is 0 Å². The van der Waals surface area contributed by atoms with Gasteiger partial charge in [0.25, 0.3) is 0 Å². The van der Waals surface area contributed by atoms with E-state index < -0.39 is 5.97 Å². The van der Waals surface area contributed by atoms with Crippen molar-refractivity contribution < 1.29 is 9.90 Å². The van der Waals surface area contributed by atoms with E-state index in [-0.39, 0.29) is 6.42 Å². The van der Waals surface area contributed by atoms with Crippen LogP contribution in [0, 0.1) is 23.7 Å². The Morgan fingerprint density at radius 1 is 1.00 bits per heavy atom. The molecule has 0 saturated heterocycles. The number of rotatable bonds is 10. The zero-order valence-electron chi connectivity index (χ0n) is 12.4. The molecule has 0 aliphatic heterocycles. The highest BCUT2D eigenvalue weighted by molar-refractivity contribution is 9.11. The maximum absolute atomic E-state index is 10.3. The normalized spacial score (nSPS) is 10.1. The van der Waals surface area contributed by atoms with Gasteiger partial charge in [-0.2, -0.15) is 0 Å². The van der Waals surface area contributed by atoms with Crippen LogP contribution in [-0.2, 0) is 4.79 Å². The minimum atomic E-state index is -0.773. The van der Waals surface area contributed by atoms with Gasteiger partial charge >= 0.3 is 5.97 Å². The largest absolute Gasteiger partial charge is 0.481 e. The Labute approximate surface area is 136 Å². The first-order valence-electron chi connectivity index (χ1n) is 7.37. The lowest BCUT2D eigenvalue weighted by atomic mass is 10.1. The maximum Gasteiger partial charge on any atom is 0.303 e. The summed E-state index contributed by atoms with van der Waals surface area (Å²) in [5, 5.41) is 8.44. The Kier molecular flexibility index (Phi) is 15.5. The van der Waals surface area contributed by atoms with Crippen molar-refractivity contribution in [2.24, 2.45) is 0 Å². The van der Waals surface area contributed by atoms with Crippen molar-refractivity contribution >= 4 is 21.9 Å². The number of hydrogen-bond acceptors (Lipinski definition) is 1. The van der Waals surface area contributed by atoms with Gasteiger partial charge in [0.05, 0.1) is 0 Å². The number of hydrogen-bond donors (Lipinski definition) is 1. The molecule has 2 nitrogen and oxygen atoms in total. The Hall–Kier alpha value is -1.45. The second kappa shape index (κ2) is 16.6. The lowest BCUT2D eigenvalue weighted by molar-refractivity contribution is -0.137. The summed E-state index contributed by atoms with van der Waals surface area (Å²) >= 11 is 3.26. The minimum absolute atomic E-state index is 0.175. The van der Waals surface area contributed by atoms with Gasteiger partial charge in [-0.15, -0.1) is 0 Å². The monoisotopic (exact) mass is 350 g/mol. The first-order valence-corrected chi connectivity index (χ1v) is 8.29. The van der Waals surface area contributed by atoms with Gasteiger partial charge in [0.15, 0.2) is 0 Å². The summed E-state index contributed by atoms with van der Waals surface area (Å²) in [6.07, 6.45) is 14.6. The zero-order chi connectivity index (χ0) is 15.6. The number of unbranched alkanes of at least 4 members (excludes halogenated alkanes) is 6. The summed E-state index contributed by atoms with van der Waals surface area (Å²) in [5.74, 6) is 10.4. The van der Waals surface area contributed by atoms with E-state index in [0.29, 0.717) is 12.8 Å². The molecule has 0 fully saturated rings. The lowest BCUT2D eigenvalue weighted by Gasteiger charge is -1.95. The van der Waals surface area contributed by atoms with Crippen LogP contribution in [-0.4, -0.2) is 11.1 Å². The third kappa shape index (κ3) is 18.5. The molecule has 0 rings (SSSR count). The number of halogens is 1. The van der Waals surface area contributed by atoms with Crippen LogP contribution >= 0.6 is 15.9 Å². The van der Waals surface area contributed by atoms with Gasteiger partial charge in [-0.25, -0.2) is 0 Å². The molecule has 0 spiro atoms.